The quantitative estimate of drug-likeness (QED) is 0.654. The minimum absolute atomic E-state index is 0.318. The van der Waals surface area contributed by atoms with Gasteiger partial charge in [-0.25, -0.2) is 4.79 Å². The Bertz CT molecular complexity index is 315. The third-order valence-corrected chi connectivity index (χ3v) is 2.20. The van der Waals surface area contributed by atoms with Crippen LogP contribution in [0.25, 0.3) is 0 Å². The SMILES string of the molecule is COC(=O)c1cnn(CC2CC2)c1. The van der Waals surface area contributed by atoms with E-state index in [9.17, 15) is 4.79 Å². The Labute approximate surface area is 76.5 Å². The van der Waals surface area contributed by atoms with Crippen LogP contribution in [0.4, 0.5) is 0 Å². The normalized spacial score (nSPS) is 15.8. The van der Waals surface area contributed by atoms with Crippen LogP contribution >= 0.6 is 0 Å². The van der Waals surface area contributed by atoms with Crippen molar-refractivity contribution in [2.75, 3.05) is 7.11 Å². The number of hydrogen-bond donors (Lipinski definition) is 0. The number of carbonyl (C=O) groups is 1. The molecule has 70 valence electrons. The topological polar surface area (TPSA) is 44.1 Å². The molecule has 0 unspecified atom stereocenters. The highest BCUT2D eigenvalue weighted by atomic mass is 16.5. The summed E-state index contributed by atoms with van der Waals surface area (Å²) < 4.78 is 6.39. The largest absolute Gasteiger partial charge is 0.465 e. The maximum Gasteiger partial charge on any atom is 0.341 e. The van der Waals surface area contributed by atoms with E-state index in [1.165, 1.54) is 20.0 Å². The van der Waals surface area contributed by atoms with Gasteiger partial charge < -0.3 is 4.74 Å². The molecule has 4 nitrogen and oxygen atoms in total. The lowest BCUT2D eigenvalue weighted by atomic mass is 10.4. The summed E-state index contributed by atoms with van der Waals surface area (Å²) in [5, 5.41) is 4.08. The van der Waals surface area contributed by atoms with Crippen molar-refractivity contribution in [3.8, 4) is 0 Å². The van der Waals surface area contributed by atoms with Crippen LogP contribution in [0.5, 0.6) is 0 Å². The summed E-state index contributed by atoms with van der Waals surface area (Å²) in [6.45, 7) is 0.928. The highest BCUT2D eigenvalue weighted by Gasteiger charge is 2.22. The molecular formula is C9H12N2O2. The molecule has 0 aliphatic heterocycles. The number of carbonyl (C=O) groups excluding carboxylic acids is 1. The van der Waals surface area contributed by atoms with Gasteiger partial charge in [0.25, 0.3) is 0 Å². The number of methoxy groups -OCH3 is 1. The van der Waals surface area contributed by atoms with Crippen LogP contribution in [-0.4, -0.2) is 22.9 Å². The second-order valence-corrected chi connectivity index (χ2v) is 3.39. The zero-order chi connectivity index (χ0) is 9.26. The lowest BCUT2D eigenvalue weighted by molar-refractivity contribution is 0.0600. The molecule has 1 fully saturated rings. The van der Waals surface area contributed by atoms with Crippen molar-refractivity contribution < 1.29 is 9.53 Å². The van der Waals surface area contributed by atoms with E-state index in [1.807, 2.05) is 4.68 Å². The molecule has 0 saturated heterocycles. The fraction of sp³-hybridized carbons (Fsp3) is 0.556. The Morgan fingerprint density at radius 2 is 2.54 bits per heavy atom. The van der Waals surface area contributed by atoms with Gasteiger partial charge in [0.15, 0.2) is 0 Å². The average molecular weight is 180 g/mol. The molecule has 0 spiro atoms. The van der Waals surface area contributed by atoms with Gasteiger partial charge in [-0.15, -0.1) is 0 Å². The first-order valence-corrected chi connectivity index (χ1v) is 4.40. The molecule has 0 radical (unpaired) electrons. The van der Waals surface area contributed by atoms with Crippen LogP contribution in [0, 0.1) is 5.92 Å². The number of esters is 1. The van der Waals surface area contributed by atoms with Crippen molar-refractivity contribution >= 4 is 5.97 Å². The monoisotopic (exact) mass is 180 g/mol. The highest BCUT2D eigenvalue weighted by Crippen LogP contribution is 2.30. The van der Waals surface area contributed by atoms with Gasteiger partial charge in [-0.05, 0) is 18.8 Å². The van der Waals surface area contributed by atoms with Crippen molar-refractivity contribution in [2.24, 2.45) is 5.92 Å². The number of hydrogen-bond acceptors (Lipinski definition) is 3. The third kappa shape index (κ3) is 1.88. The lowest BCUT2D eigenvalue weighted by Gasteiger charge is -1.96. The van der Waals surface area contributed by atoms with Crippen LogP contribution in [0.15, 0.2) is 12.4 Å². The van der Waals surface area contributed by atoms with Crippen LogP contribution in [-0.2, 0) is 11.3 Å². The molecule has 13 heavy (non-hydrogen) atoms. The molecule has 0 atom stereocenters. The fourth-order valence-electron chi connectivity index (χ4n) is 1.25. The zero-order valence-electron chi connectivity index (χ0n) is 7.56. The van der Waals surface area contributed by atoms with Crippen molar-refractivity contribution in [3.05, 3.63) is 18.0 Å². The van der Waals surface area contributed by atoms with Gasteiger partial charge in [0.2, 0.25) is 0 Å². The maximum atomic E-state index is 11.1. The molecule has 0 N–H and O–H groups in total. The van der Waals surface area contributed by atoms with E-state index in [2.05, 4.69) is 9.84 Å². The van der Waals surface area contributed by atoms with Gasteiger partial charge in [0.05, 0.1) is 18.9 Å². The predicted octanol–water partition coefficient (Wildman–Crippen LogP) is 1.08. The first-order valence-electron chi connectivity index (χ1n) is 4.40. The summed E-state index contributed by atoms with van der Waals surface area (Å²) in [6, 6.07) is 0. The molecule has 2 rings (SSSR count). The Morgan fingerprint density at radius 1 is 1.77 bits per heavy atom. The van der Waals surface area contributed by atoms with Gasteiger partial charge in [-0.3, -0.25) is 4.68 Å². The molecule has 0 aromatic carbocycles. The van der Waals surface area contributed by atoms with E-state index >= 15 is 0 Å². The minimum Gasteiger partial charge on any atom is -0.465 e. The smallest absolute Gasteiger partial charge is 0.341 e. The standard InChI is InChI=1S/C9H12N2O2/c1-13-9(12)8-4-10-11(6-8)5-7-2-3-7/h4,6-7H,2-3,5H2,1H3. The van der Waals surface area contributed by atoms with Gasteiger partial charge in [-0.1, -0.05) is 0 Å². The molecule has 1 saturated carbocycles. The molecule has 1 aliphatic rings. The lowest BCUT2D eigenvalue weighted by Crippen LogP contribution is -2.01. The Kier molecular flexibility index (Phi) is 2.04. The molecule has 0 bridgehead atoms. The Morgan fingerprint density at radius 3 is 3.15 bits per heavy atom. The minimum atomic E-state index is -0.318. The van der Waals surface area contributed by atoms with E-state index in [1.54, 1.807) is 12.4 Å². The number of aromatic nitrogens is 2. The molecule has 1 aromatic heterocycles. The summed E-state index contributed by atoms with van der Waals surface area (Å²) in [5.41, 5.74) is 0.531. The summed E-state index contributed by atoms with van der Waals surface area (Å²) >= 11 is 0. The Balaban J connectivity index is 2.03. The summed E-state index contributed by atoms with van der Waals surface area (Å²) in [4.78, 5) is 11.1. The summed E-state index contributed by atoms with van der Waals surface area (Å²) in [5.74, 6) is 0.451. The van der Waals surface area contributed by atoms with Gasteiger partial charge in [0.1, 0.15) is 0 Å². The molecule has 1 aliphatic carbocycles. The fourth-order valence-corrected chi connectivity index (χ4v) is 1.25. The Hall–Kier alpha value is -1.32. The van der Waals surface area contributed by atoms with E-state index in [-0.39, 0.29) is 5.97 Å². The molecule has 0 amide bonds. The van der Waals surface area contributed by atoms with Crippen molar-refractivity contribution in [2.45, 2.75) is 19.4 Å². The summed E-state index contributed by atoms with van der Waals surface area (Å²) in [7, 11) is 1.38. The van der Waals surface area contributed by atoms with Crippen LogP contribution in [0.3, 0.4) is 0 Å². The third-order valence-electron chi connectivity index (χ3n) is 2.20. The number of ether oxygens (including phenoxy) is 1. The van der Waals surface area contributed by atoms with Crippen molar-refractivity contribution in [3.63, 3.8) is 0 Å². The zero-order valence-corrected chi connectivity index (χ0v) is 7.56. The van der Waals surface area contributed by atoms with Gasteiger partial charge in [-0.2, -0.15) is 5.10 Å². The number of rotatable bonds is 3. The van der Waals surface area contributed by atoms with Crippen molar-refractivity contribution in [1.29, 1.82) is 0 Å². The highest BCUT2D eigenvalue weighted by molar-refractivity contribution is 5.88. The average Bonchev–Trinajstić information content (AvgIpc) is 2.81. The van der Waals surface area contributed by atoms with Gasteiger partial charge in [0, 0.05) is 12.7 Å². The van der Waals surface area contributed by atoms with Crippen molar-refractivity contribution in [1.82, 2.24) is 9.78 Å². The second kappa shape index (κ2) is 3.20. The van der Waals surface area contributed by atoms with E-state index in [0.29, 0.717) is 5.56 Å². The first kappa shape index (κ1) is 8.29. The van der Waals surface area contributed by atoms with E-state index < -0.39 is 0 Å². The van der Waals surface area contributed by atoms with Crippen LogP contribution in [0.1, 0.15) is 23.2 Å². The molecule has 1 heterocycles. The number of nitrogens with zero attached hydrogens (tertiary/aromatic N) is 2. The van der Waals surface area contributed by atoms with Gasteiger partial charge >= 0.3 is 5.97 Å². The van der Waals surface area contributed by atoms with Crippen LogP contribution < -0.4 is 0 Å². The predicted molar refractivity (Wildman–Crippen MR) is 46.3 cm³/mol. The first-order chi connectivity index (χ1) is 6.29. The molecule has 1 aromatic rings. The van der Waals surface area contributed by atoms with E-state index in [4.69, 9.17) is 0 Å². The summed E-state index contributed by atoms with van der Waals surface area (Å²) in [6.07, 6.45) is 5.86. The molecule has 4 heteroatoms. The van der Waals surface area contributed by atoms with E-state index in [0.717, 1.165) is 12.5 Å². The second-order valence-electron chi connectivity index (χ2n) is 3.39. The van der Waals surface area contributed by atoms with Crippen LogP contribution in [0.2, 0.25) is 0 Å². The molecular weight excluding hydrogens is 168 g/mol. The maximum absolute atomic E-state index is 11.1.